The predicted molar refractivity (Wildman–Crippen MR) is 67.7 cm³/mol. The Bertz CT molecular complexity index is 494. The Hall–Kier alpha value is -1.87. The number of nitrogens with zero attached hydrogens (tertiary/aromatic N) is 1. The summed E-state index contributed by atoms with van der Waals surface area (Å²) in [7, 11) is 0. The van der Waals surface area contributed by atoms with Crippen molar-refractivity contribution in [2.75, 3.05) is 0 Å². The molecule has 2 rings (SSSR count). The maximum atomic E-state index is 9.21. The topological polar surface area (TPSA) is 59.1 Å². The average Bonchev–Trinajstić information content (AvgIpc) is 2.32. The first-order chi connectivity index (χ1) is 8.16. The van der Waals surface area contributed by atoms with Gasteiger partial charge in [0.2, 0.25) is 0 Å². The number of hydrogen-bond acceptors (Lipinski definition) is 3. The van der Waals surface area contributed by atoms with Gasteiger partial charge in [-0.3, -0.25) is 4.98 Å². The highest BCUT2D eigenvalue weighted by atomic mass is 16.3. The number of hydrogen-bond donors (Lipinski definition) is 2. The van der Waals surface area contributed by atoms with Crippen LogP contribution >= 0.6 is 0 Å². The molecule has 17 heavy (non-hydrogen) atoms. The second-order valence-electron chi connectivity index (χ2n) is 4.21. The third-order valence-electron chi connectivity index (χ3n) is 2.86. The Morgan fingerprint density at radius 3 is 2.59 bits per heavy atom. The first-order valence-electron chi connectivity index (χ1n) is 5.61. The van der Waals surface area contributed by atoms with Gasteiger partial charge in [0, 0.05) is 18.4 Å². The Morgan fingerprint density at radius 2 is 1.94 bits per heavy atom. The zero-order chi connectivity index (χ0) is 12.3. The smallest absolute Gasteiger partial charge is 0.115 e. The summed E-state index contributed by atoms with van der Waals surface area (Å²) in [6.45, 7) is 2.01. The van der Waals surface area contributed by atoms with Crippen molar-refractivity contribution >= 4 is 0 Å². The molecule has 3 nitrogen and oxygen atoms in total. The van der Waals surface area contributed by atoms with E-state index in [9.17, 15) is 5.11 Å². The highest BCUT2D eigenvalue weighted by molar-refractivity contribution is 5.30. The van der Waals surface area contributed by atoms with E-state index in [-0.39, 0.29) is 11.8 Å². The van der Waals surface area contributed by atoms with E-state index in [1.54, 1.807) is 18.3 Å². The monoisotopic (exact) mass is 228 g/mol. The lowest BCUT2D eigenvalue weighted by Crippen LogP contribution is -2.14. The van der Waals surface area contributed by atoms with Crippen LogP contribution in [-0.2, 0) is 6.42 Å². The summed E-state index contributed by atoms with van der Waals surface area (Å²) < 4.78 is 0. The van der Waals surface area contributed by atoms with Crippen LogP contribution in [0.15, 0.2) is 42.7 Å². The van der Waals surface area contributed by atoms with Gasteiger partial charge in [0.15, 0.2) is 0 Å². The summed E-state index contributed by atoms with van der Waals surface area (Å²) in [6, 6.07) is 9.07. The van der Waals surface area contributed by atoms with E-state index in [1.165, 1.54) is 0 Å². The van der Waals surface area contributed by atoms with Gasteiger partial charge in [-0.25, -0.2) is 0 Å². The van der Waals surface area contributed by atoms with Gasteiger partial charge < -0.3 is 10.8 Å². The zero-order valence-corrected chi connectivity index (χ0v) is 9.80. The molecule has 0 bridgehead atoms. The van der Waals surface area contributed by atoms with Crippen LogP contribution in [0.3, 0.4) is 0 Å². The van der Waals surface area contributed by atoms with E-state index in [0.29, 0.717) is 0 Å². The fourth-order valence-electron chi connectivity index (χ4n) is 1.90. The van der Waals surface area contributed by atoms with Crippen molar-refractivity contribution in [2.24, 2.45) is 5.73 Å². The van der Waals surface area contributed by atoms with Crippen LogP contribution in [0.2, 0.25) is 0 Å². The summed E-state index contributed by atoms with van der Waals surface area (Å²) in [6.07, 6.45) is 4.34. The van der Waals surface area contributed by atoms with Crippen molar-refractivity contribution in [1.29, 1.82) is 0 Å². The number of aromatic hydroxyl groups is 1. The highest BCUT2D eigenvalue weighted by Crippen LogP contribution is 2.19. The molecular formula is C14H16N2O. The molecule has 1 heterocycles. The Labute approximate surface area is 101 Å². The number of phenolic OH excluding ortho intramolecular Hbond substituents is 1. The zero-order valence-electron chi connectivity index (χ0n) is 9.80. The summed E-state index contributed by atoms with van der Waals surface area (Å²) in [5.41, 5.74) is 9.52. The second kappa shape index (κ2) is 4.97. The summed E-state index contributed by atoms with van der Waals surface area (Å²) >= 11 is 0. The van der Waals surface area contributed by atoms with Gasteiger partial charge in [-0.15, -0.1) is 0 Å². The molecule has 0 aliphatic carbocycles. The maximum absolute atomic E-state index is 9.21. The minimum Gasteiger partial charge on any atom is -0.508 e. The molecule has 0 amide bonds. The maximum Gasteiger partial charge on any atom is 0.115 e. The van der Waals surface area contributed by atoms with Crippen LogP contribution < -0.4 is 5.73 Å². The minimum absolute atomic E-state index is 0.0393. The van der Waals surface area contributed by atoms with E-state index < -0.39 is 0 Å². The largest absolute Gasteiger partial charge is 0.508 e. The molecule has 0 radical (unpaired) electrons. The van der Waals surface area contributed by atoms with Crippen LogP contribution in [-0.4, -0.2) is 10.1 Å². The van der Waals surface area contributed by atoms with Gasteiger partial charge >= 0.3 is 0 Å². The Kier molecular flexibility index (Phi) is 3.40. The third-order valence-corrected chi connectivity index (χ3v) is 2.86. The SMILES string of the molecule is Cc1cnccc1C(N)Cc1ccc(O)cc1. The molecule has 88 valence electrons. The van der Waals surface area contributed by atoms with Crippen molar-refractivity contribution in [3.63, 3.8) is 0 Å². The molecule has 3 N–H and O–H groups in total. The summed E-state index contributed by atoms with van der Waals surface area (Å²) in [5.74, 6) is 0.280. The van der Waals surface area contributed by atoms with Gasteiger partial charge in [-0.2, -0.15) is 0 Å². The number of nitrogens with two attached hydrogens (primary N) is 1. The summed E-state index contributed by atoms with van der Waals surface area (Å²) in [5, 5.41) is 9.21. The van der Waals surface area contributed by atoms with E-state index in [0.717, 1.165) is 23.1 Å². The van der Waals surface area contributed by atoms with E-state index >= 15 is 0 Å². The van der Waals surface area contributed by atoms with Crippen molar-refractivity contribution in [2.45, 2.75) is 19.4 Å². The van der Waals surface area contributed by atoms with Crippen molar-refractivity contribution < 1.29 is 5.11 Å². The molecule has 1 aromatic heterocycles. The summed E-state index contributed by atoms with van der Waals surface area (Å²) in [4.78, 5) is 4.06. The molecule has 0 aliphatic rings. The molecule has 0 saturated heterocycles. The first-order valence-corrected chi connectivity index (χ1v) is 5.61. The van der Waals surface area contributed by atoms with Crippen LogP contribution in [0.4, 0.5) is 0 Å². The van der Waals surface area contributed by atoms with Gasteiger partial charge in [0.25, 0.3) is 0 Å². The fraction of sp³-hybridized carbons (Fsp3) is 0.214. The Balaban J connectivity index is 2.14. The molecule has 0 saturated carbocycles. The number of aromatic nitrogens is 1. The lowest BCUT2D eigenvalue weighted by Gasteiger charge is -2.14. The number of phenols is 1. The number of pyridine rings is 1. The quantitative estimate of drug-likeness (QED) is 0.847. The van der Waals surface area contributed by atoms with E-state index in [2.05, 4.69) is 4.98 Å². The van der Waals surface area contributed by atoms with Crippen molar-refractivity contribution in [3.05, 3.63) is 59.4 Å². The van der Waals surface area contributed by atoms with Gasteiger partial charge in [0.1, 0.15) is 5.75 Å². The molecule has 0 spiro atoms. The molecule has 0 aliphatic heterocycles. The normalized spacial score (nSPS) is 12.4. The second-order valence-corrected chi connectivity index (χ2v) is 4.21. The van der Waals surface area contributed by atoms with Crippen molar-refractivity contribution in [3.8, 4) is 5.75 Å². The minimum atomic E-state index is -0.0393. The van der Waals surface area contributed by atoms with Crippen molar-refractivity contribution in [1.82, 2.24) is 4.98 Å². The molecule has 1 atom stereocenters. The van der Waals surface area contributed by atoms with Crippen LogP contribution in [0.1, 0.15) is 22.7 Å². The van der Waals surface area contributed by atoms with E-state index in [4.69, 9.17) is 5.73 Å². The highest BCUT2D eigenvalue weighted by Gasteiger charge is 2.09. The number of benzene rings is 1. The predicted octanol–water partition coefficient (Wildman–Crippen LogP) is 2.34. The standard InChI is InChI=1S/C14H16N2O/c1-10-9-16-7-6-13(10)14(15)8-11-2-4-12(17)5-3-11/h2-7,9,14,17H,8,15H2,1H3. The average molecular weight is 228 g/mol. The lowest BCUT2D eigenvalue weighted by atomic mass is 9.97. The van der Waals surface area contributed by atoms with Crippen LogP contribution in [0.25, 0.3) is 0 Å². The van der Waals surface area contributed by atoms with Gasteiger partial charge in [-0.05, 0) is 48.2 Å². The molecule has 1 unspecified atom stereocenters. The molecule has 3 heteroatoms. The molecule has 2 aromatic rings. The Morgan fingerprint density at radius 1 is 1.24 bits per heavy atom. The first kappa shape index (κ1) is 11.6. The molecule has 1 aromatic carbocycles. The molecule has 0 fully saturated rings. The van der Waals surface area contributed by atoms with Crippen LogP contribution in [0.5, 0.6) is 5.75 Å². The third kappa shape index (κ3) is 2.82. The van der Waals surface area contributed by atoms with E-state index in [1.807, 2.05) is 31.3 Å². The van der Waals surface area contributed by atoms with Gasteiger partial charge in [-0.1, -0.05) is 12.1 Å². The lowest BCUT2D eigenvalue weighted by molar-refractivity contribution is 0.475. The molecular weight excluding hydrogens is 212 g/mol. The fourth-order valence-corrected chi connectivity index (χ4v) is 1.90. The van der Waals surface area contributed by atoms with Crippen LogP contribution in [0, 0.1) is 6.92 Å². The number of rotatable bonds is 3. The van der Waals surface area contributed by atoms with Gasteiger partial charge in [0.05, 0.1) is 0 Å². The number of aryl methyl sites for hydroxylation is 1.